The van der Waals surface area contributed by atoms with Crippen LogP contribution >= 0.6 is 0 Å². The second-order valence-electron chi connectivity index (χ2n) is 2.41. The Morgan fingerprint density at radius 2 is 2.23 bits per heavy atom. The highest BCUT2D eigenvalue weighted by molar-refractivity contribution is 5.44. The number of rotatable bonds is 1. The Hall–Kier alpha value is -2.05. The van der Waals surface area contributed by atoms with Crippen LogP contribution in [0.5, 0.6) is 0 Å². The van der Waals surface area contributed by atoms with Crippen molar-refractivity contribution in [3.63, 3.8) is 0 Å². The van der Waals surface area contributed by atoms with Gasteiger partial charge in [-0.05, 0) is 11.3 Å². The number of anilines is 1. The molecule has 0 atom stereocenters. The molecule has 2 aromatic rings. The molecule has 2 rings (SSSR count). The summed E-state index contributed by atoms with van der Waals surface area (Å²) in [4.78, 5) is 9.23. The molecule has 0 aliphatic rings. The quantitative estimate of drug-likeness (QED) is 0.615. The fraction of sp³-hybridized carbons (Fsp3) is 0.167. The summed E-state index contributed by atoms with van der Waals surface area (Å²) >= 11 is 0. The highest BCUT2D eigenvalue weighted by Crippen LogP contribution is 2.06. The predicted molar refractivity (Wildman–Crippen MR) is 44.2 cm³/mol. The van der Waals surface area contributed by atoms with E-state index in [4.69, 9.17) is 5.73 Å². The number of hydrogen-bond acceptors (Lipinski definition) is 6. The van der Waals surface area contributed by atoms with Gasteiger partial charge in [0.25, 0.3) is 0 Å². The largest absolute Gasteiger partial charge is 0.384 e. The van der Waals surface area contributed by atoms with Crippen molar-refractivity contribution in [2.75, 3.05) is 5.73 Å². The van der Waals surface area contributed by atoms with Gasteiger partial charge in [-0.15, -0.1) is 10.2 Å². The zero-order valence-electron chi connectivity index (χ0n) is 6.92. The van der Waals surface area contributed by atoms with Gasteiger partial charge in [-0.25, -0.2) is 9.97 Å². The summed E-state index contributed by atoms with van der Waals surface area (Å²) in [6.07, 6.45) is 1.55. The van der Waals surface area contributed by atoms with Gasteiger partial charge in [0, 0.05) is 6.20 Å². The highest BCUT2D eigenvalue weighted by Gasteiger charge is 2.06. The van der Waals surface area contributed by atoms with E-state index in [0.717, 1.165) is 0 Å². The third-order valence-corrected chi connectivity index (χ3v) is 1.39. The first kappa shape index (κ1) is 7.59. The molecule has 0 bridgehead atoms. The van der Waals surface area contributed by atoms with Crippen LogP contribution in [0.15, 0.2) is 12.3 Å². The van der Waals surface area contributed by atoms with Gasteiger partial charge in [0.2, 0.25) is 11.6 Å². The fourth-order valence-corrected chi connectivity index (χ4v) is 0.854. The molecule has 0 radical (unpaired) electrons. The number of tetrazole rings is 1. The Balaban J connectivity index is 2.46. The number of aryl methyl sites for hydroxylation is 1. The molecule has 66 valence electrons. The minimum Gasteiger partial charge on any atom is -0.384 e. The van der Waals surface area contributed by atoms with Crippen molar-refractivity contribution in [1.29, 1.82) is 0 Å². The van der Waals surface area contributed by atoms with Crippen LogP contribution in [0.2, 0.25) is 0 Å². The Bertz CT molecular complexity index is 420. The predicted octanol–water partition coefficient (Wildman–Crippen LogP) is -0.751. The van der Waals surface area contributed by atoms with Crippen LogP contribution in [0.3, 0.4) is 0 Å². The topological polar surface area (TPSA) is 95.4 Å². The fourth-order valence-electron chi connectivity index (χ4n) is 0.854. The average Bonchev–Trinajstić information content (AvgIpc) is 2.52. The molecule has 0 amide bonds. The molecule has 13 heavy (non-hydrogen) atoms. The van der Waals surface area contributed by atoms with Gasteiger partial charge in [-0.2, -0.15) is 4.80 Å². The van der Waals surface area contributed by atoms with Crippen LogP contribution < -0.4 is 5.73 Å². The first-order valence-electron chi connectivity index (χ1n) is 3.58. The van der Waals surface area contributed by atoms with Gasteiger partial charge in [-0.1, -0.05) is 0 Å². The van der Waals surface area contributed by atoms with Crippen molar-refractivity contribution in [3.05, 3.63) is 12.3 Å². The average molecular weight is 177 g/mol. The summed E-state index contributed by atoms with van der Waals surface area (Å²) in [7, 11) is 1.67. The van der Waals surface area contributed by atoms with Gasteiger partial charge in [-0.3, -0.25) is 0 Å². The third kappa shape index (κ3) is 1.43. The summed E-state index contributed by atoms with van der Waals surface area (Å²) in [5.41, 5.74) is 5.47. The van der Waals surface area contributed by atoms with Crippen molar-refractivity contribution in [2.45, 2.75) is 0 Å². The molecule has 7 nitrogen and oxygen atoms in total. The van der Waals surface area contributed by atoms with Crippen molar-refractivity contribution < 1.29 is 0 Å². The van der Waals surface area contributed by atoms with E-state index in [1.54, 1.807) is 19.3 Å². The van der Waals surface area contributed by atoms with Gasteiger partial charge in [0.1, 0.15) is 5.82 Å². The number of nitrogens with two attached hydrogens (primary N) is 1. The molecule has 2 aromatic heterocycles. The van der Waals surface area contributed by atoms with E-state index >= 15 is 0 Å². The summed E-state index contributed by atoms with van der Waals surface area (Å²) in [6, 6.07) is 1.60. The standard InChI is InChI=1S/C6H7N7/c1-13-11-6(10-12-13)5-8-3-2-4(7)9-5/h2-3H,1H3,(H2,7,8,9). The van der Waals surface area contributed by atoms with Crippen molar-refractivity contribution >= 4 is 5.82 Å². The normalized spacial score (nSPS) is 10.2. The van der Waals surface area contributed by atoms with E-state index in [-0.39, 0.29) is 0 Å². The molecule has 0 saturated heterocycles. The third-order valence-electron chi connectivity index (χ3n) is 1.39. The zero-order valence-corrected chi connectivity index (χ0v) is 6.92. The molecule has 2 N–H and O–H groups in total. The maximum atomic E-state index is 5.47. The Kier molecular flexibility index (Phi) is 1.62. The van der Waals surface area contributed by atoms with E-state index in [9.17, 15) is 0 Å². The molecule has 0 fully saturated rings. The maximum Gasteiger partial charge on any atom is 0.242 e. The molecule has 0 unspecified atom stereocenters. The van der Waals surface area contributed by atoms with Gasteiger partial charge in [0.05, 0.1) is 7.05 Å². The summed E-state index contributed by atoms with van der Waals surface area (Å²) < 4.78 is 0. The van der Waals surface area contributed by atoms with Crippen LogP contribution in [0.25, 0.3) is 11.6 Å². The lowest BCUT2D eigenvalue weighted by Crippen LogP contribution is -1.96. The molecule has 0 spiro atoms. The van der Waals surface area contributed by atoms with E-state index in [1.807, 2.05) is 0 Å². The van der Waals surface area contributed by atoms with Crippen LogP contribution in [-0.4, -0.2) is 30.2 Å². The lowest BCUT2D eigenvalue weighted by atomic mass is 10.5. The molecule has 0 saturated carbocycles. The molecule has 0 aliphatic heterocycles. The molecule has 2 heterocycles. The van der Waals surface area contributed by atoms with E-state index < -0.39 is 0 Å². The molecular weight excluding hydrogens is 170 g/mol. The number of nitrogens with zero attached hydrogens (tertiary/aromatic N) is 6. The van der Waals surface area contributed by atoms with Crippen LogP contribution in [0.1, 0.15) is 0 Å². The number of nitrogen functional groups attached to an aromatic ring is 1. The van der Waals surface area contributed by atoms with Crippen LogP contribution in [0, 0.1) is 0 Å². The van der Waals surface area contributed by atoms with Gasteiger partial charge in [0.15, 0.2) is 0 Å². The van der Waals surface area contributed by atoms with E-state index in [2.05, 4.69) is 25.4 Å². The molecule has 7 heteroatoms. The van der Waals surface area contributed by atoms with Crippen LogP contribution in [-0.2, 0) is 7.05 Å². The molecule has 0 aliphatic carbocycles. The monoisotopic (exact) mass is 177 g/mol. The van der Waals surface area contributed by atoms with Crippen molar-refractivity contribution in [2.24, 2.45) is 7.05 Å². The second kappa shape index (κ2) is 2.77. The van der Waals surface area contributed by atoms with E-state index in [0.29, 0.717) is 17.5 Å². The number of hydrogen-bond donors (Lipinski definition) is 1. The minimum atomic E-state index is 0.370. The van der Waals surface area contributed by atoms with E-state index in [1.165, 1.54) is 4.80 Å². The van der Waals surface area contributed by atoms with Gasteiger partial charge < -0.3 is 5.73 Å². The summed E-state index contributed by atoms with van der Waals surface area (Å²) in [5.74, 6) is 1.14. The lowest BCUT2D eigenvalue weighted by molar-refractivity contribution is 0.630. The maximum absolute atomic E-state index is 5.47. The SMILES string of the molecule is Cn1nnc(-c2nccc(N)n2)n1. The smallest absolute Gasteiger partial charge is 0.242 e. The molecule has 0 aromatic carbocycles. The Labute approximate surface area is 73.6 Å². The zero-order chi connectivity index (χ0) is 9.26. The Morgan fingerprint density at radius 3 is 2.85 bits per heavy atom. The minimum absolute atomic E-state index is 0.370. The van der Waals surface area contributed by atoms with Crippen molar-refractivity contribution in [3.8, 4) is 11.6 Å². The summed E-state index contributed by atoms with van der Waals surface area (Å²) in [6.45, 7) is 0. The molecular formula is C6H7N7. The first-order chi connectivity index (χ1) is 6.25. The Morgan fingerprint density at radius 1 is 1.38 bits per heavy atom. The van der Waals surface area contributed by atoms with Crippen molar-refractivity contribution in [1.82, 2.24) is 30.2 Å². The lowest BCUT2D eigenvalue weighted by Gasteiger charge is -1.93. The van der Waals surface area contributed by atoms with Gasteiger partial charge >= 0.3 is 0 Å². The first-order valence-corrected chi connectivity index (χ1v) is 3.58. The van der Waals surface area contributed by atoms with Crippen LogP contribution in [0.4, 0.5) is 5.82 Å². The number of aromatic nitrogens is 6. The highest BCUT2D eigenvalue weighted by atomic mass is 15.6. The second-order valence-corrected chi connectivity index (χ2v) is 2.41. The summed E-state index contributed by atoms with van der Waals surface area (Å²) in [5, 5.41) is 11.3.